The summed E-state index contributed by atoms with van der Waals surface area (Å²) in [7, 11) is 2.05. The molecule has 0 saturated carbocycles. The van der Waals surface area contributed by atoms with E-state index in [9.17, 15) is 4.79 Å². The van der Waals surface area contributed by atoms with Crippen LogP contribution in [0.3, 0.4) is 0 Å². The Morgan fingerprint density at radius 1 is 1.29 bits per heavy atom. The van der Waals surface area contributed by atoms with Crippen LogP contribution in [0.1, 0.15) is 16.2 Å². The third kappa shape index (κ3) is 2.71. The van der Waals surface area contributed by atoms with Crippen molar-refractivity contribution < 1.29 is 4.79 Å². The number of rotatable bonds is 1. The molecule has 1 saturated heterocycles. The summed E-state index contributed by atoms with van der Waals surface area (Å²) in [6.07, 6.45) is 0. The summed E-state index contributed by atoms with van der Waals surface area (Å²) in [5.74, 6) is 0.0952. The van der Waals surface area contributed by atoms with Gasteiger partial charge in [0.05, 0.1) is 0 Å². The maximum atomic E-state index is 12.2. The van der Waals surface area contributed by atoms with Gasteiger partial charge in [0, 0.05) is 31.9 Å². The molecule has 2 N–H and O–H groups in total. The number of carbonyl (C=O) groups excluding carboxylic acids is 1. The standard InChI is InChI=1S/C11H17N5O/c1-8-7-9(14-11(12)13-8)10(17)16-5-3-15(2)4-6-16/h7H,3-6H2,1-2H3,(H2,12,13,14). The van der Waals surface area contributed by atoms with Crippen LogP contribution in [0.5, 0.6) is 0 Å². The molecule has 1 aliphatic heterocycles. The lowest BCUT2D eigenvalue weighted by atomic mass is 10.2. The van der Waals surface area contributed by atoms with Crippen LogP contribution in [0.25, 0.3) is 0 Å². The van der Waals surface area contributed by atoms with Crippen LogP contribution < -0.4 is 5.73 Å². The van der Waals surface area contributed by atoms with Gasteiger partial charge in [0.25, 0.3) is 5.91 Å². The van der Waals surface area contributed by atoms with Gasteiger partial charge in [-0.15, -0.1) is 0 Å². The first-order valence-corrected chi connectivity index (χ1v) is 5.65. The number of anilines is 1. The van der Waals surface area contributed by atoms with E-state index in [0.717, 1.165) is 31.9 Å². The SMILES string of the molecule is Cc1cc(C(=O)N2CCN(C)CC2)nc(N)n1. The molecule has 92 valence electrons. The smallest absolute Gasteiger partial charge is 0.272 e. The van der Waals surface area contributed by atoms with Gasteiger partial charge in [-0.2, -0.15) is 0 Å². The highest BCUT2D eigenvalue weighted by atomic mass is 16.2. The van der Waals surface area contributed by atoms with E-state index in [1.165, 1.54) is 0 Å². The second kappa shape index (κ2) is 4.67. The van der Waals surface area contributed by atoms with Gasteiger partial charge >= 0.3 is 0 Å². The molecule has 1 aromatic heterocycles. The number of aryl methyl sites for hydroxylation is 1. The molecular weight excluding hydrogens is 218 g/mol. The number of likely N-dealkylation sites (N-methyl/N-ethyl adjacent to an activating group) is 1. The molecule has 2 heterocycles. The molecule has 2 rings (SSSR count). The van der Waals surface area contributed by atoms with Crippen molar-refractivity contribution >= 4 is 11.9 Å². The average Bonchev–Trinajstić information content (AvgIpc) is 2.28. The highest BCUT2D eigenvalue weighted by molar-refractivity contribution is 5.92. The lowest BCUT2D eigenvalue weighted by molar-refractivity contribution is 0.0658. The highest BCUT2D eigenvalue weighted by Gasteiger charge is 2.21. The molecule has 1 aliphatic rings. The summed E-state index contributed by atoms with van der Waals surface area (Å²) < 4.78 is 0. The van der Waals surface area contributed by atoms with Crippen LogP contribution in [-0.2, 0) is 0 Å². The summed E-state index contributed by atoms with van der Waals surface area (Å²) in [6.45, 7) is 5.06. The van der Waals surface area contributed by atoms with Crippen LogP contribution >= 0.6 is 0 Å². The monoisotopic (exact) mass is 235 g/mol. The van der Waals surface area contributed by atoms with E-state index in [2.05, 4.69) is 21.9 Å². The lowest BCUT2D eigenvalue weighted by Crippen LogP contribution is -2.47. The Morgan fingerprint density at radius 3 is 2.53 bits per heavy atom. The van der Waals surface area contributed by atoms with Gasteiger partial charge in [0.15, 0.2) is 0 Å². The molecule has 6 heteroatoms. The topological polar surface area (TPSA) is 75.4 Å². The van der Waals surface area contributed by atoms with Crippen molar-refractivity contribution in [1.82, 2.24) is 19.8 Å². The van der Waals surface area contributed by atoms with E-state index in [-0.39, 0.29) is 11.9 Å². The van der Waals surface area contributed by atoms with Crippen LogP contribution in [-0.4, -0.2) is 58.9 Å². The van der Waals surface area contributed by atoms with Gasteiger partial charge in [-0.3, -0.25) is 4.79 Å². The number of aromatic nitrogens is 2. The van der Waals surface area contributed by atoms with E-state index in [0.29, 0.717) is 5.69 Å². The second-order valence-corrected chi connectivity index (χ2v) is 4.35. The molecule has 1 amide bonds. The number of piperazine rings is 1. The minimum atomic E-state index is -0.0599. The number of amides is 1. The molecule has 17 heavy (non-hydrogen) atoms. The van der Waals surface area contributed by atoms with Gasteiger partial charge in [-0.05, 0) is 20.0 Å². The van der Waals surface area contributed by atoms with Crippen LogP contribution in [0.15, 0.2) is 6.07 Å². The van der Waals surface area contributed by atoms with E-state index in [4.69, 9.17) is 5.73 Å². The predicted octanol–water partition coefficient (Wildman–Crippen LogP) is -0.245. The summed E-state index contributed by atoms with van der Waals surface area (Å²) in [6, 6.07) is 1.68. The van der Waals surface area contributed by atoms with Gasteiger partial charge in [-0.1, -0.05) is 0 Å². The van der Waals surface area contributed by atoms with Crippen molar-refractivity contribution in [3.8, 4) is 0 Å². The van der Waals surface area contributed by atoms with Crippen molar-refractivity contribution in [2.75, 3.05) is 39.0 Å². The predicted molar refractivity (Wildman–Crippen MR) is 64.6 cm³/mol. The van der Waals surface area contributed by atoms with Crippen molar-refractivity contribution in [3.63, 3.8) is 0 Å². The lowest BCUT2D eigenvalue weighted by Gasteiger charge is -2.32. The van der Waals surface area contributed by atoms with Crippen molar-refractivity contribution in [3.05, 3.63) is 17.5 Å². The number of nitrogen functional groups attached to an aromatic ring is 1. The molecule has 0 aliphatic carbocycles. The molecule has 6 nitrogen and oxygen atoms in total. The highest BCUT2D eigenvalue weighted by Crippen LogP contribution is 2.08. The first-order chi connectivity index (χ1) is 8.06. The molecule has 1 fully saturated rings. The summed E-state index contributed by atoms with van der Waals surface area (Å²) in [5, 5.41) is 0. The quantitative estimate of drug-likeness (QED) is 0.726. The number of hydrogen-bond donors (Lipinski definition) is 1. The van der Waals surface area contributed by atoms with E-state index >= 15 is 0 Å². The maximum absolute atomic E-state index is 12.2. The molecule has 0 radical (unpaired) electrons. The van der Waals surface area contributed by atoms with Crippen molar-refractivity contribution in [2.45, 2.75) is 6.92 Å². The zero-order chi connectivity index (χ0) is 12.4. The fourth-order valence-corrected chi connectivity index (χ4v) is 1.87. The summed E-state index contributed by atoms with van der Waals surface area (Å²) >= 11 is 0. The Bertz CT molecular complexity index is 406. The largest absolute Gasteiger partial charge is 0.368 e. The van der Waals surface area contributed by atoms with Crippen LogP contribution in [0.2, 0.25) is 0 Å². The molecule has 0 bridgehead atoms. The Morgan fingerprint density at radius 2 is 1.94 bits per heavy atom. The molecule has 0 unspecified atom stereocenters. The van der Waals surface area contributed by atoms with Gasteiger partial charge < -0.3 is 15.5 Å². The first kappa shape index (κ1) is 11.8. The fourth-order valence-electron chi connectivity index (χ4n) is 1.87. The zero-order valence-electron chi connectivity index (χ0n) is 10.2. The number of nitrogens with zero attached hydrogens (tertiary/aromatic N) is 4. The Balaban J connectivity index is 2.14. The normalized spacial score (nSPS) is 17.2. The fraction of sp³-hybridized carbons (Fsp3) is 0.545. The molecule has 0 aromatic carbocycles. The zero-order valence-corrected chi connectivity index (χ0v) is 10.2. The number of carbonyl (C=O) groups is 1. The molecular formula is C11H17N5O. The van der Waals surface area contributed by atoms with Crippen LogP contribution in [0.4, 0.5) is 5.95 Å². The average molecular weight is 235 g/mol. The number of hydrogen-bond acceptors (Lipinski definition) is 5. The third-order valence-corrected chi connectivity index (χ3v) is 2.88. The van der Waals surface area contributed by atoms with Crippen molar-refractivity contribution in [2.24, 2.45) is 0 Å². The summed E-state index contributed by atoms with van der Waals surface area (Å²) in [4.78, 5) is 24.1. The van der Waals surface area contributed by atoms with Crippen molar-refractivity contribution in [1.29, 1.82) is 0 Å². The molecule has 0 atom stereocenters. The van der Waals surface area contributed by atoms with Gasteiger partial charge in [0.2, 0.25) is 5.95 Å². The second-order valence-electron chi connectivity index (χ2n) is 4.35. The third-order valence-electron chi connectivity index (χ3n) is 2.88. The Labute approximate surface area is 100 Å². The Kier molecular flexibility index (Phi) is 3.23. The molecule has 1 aromatic rings. The molecule has 0 spiro atoms. The first-order valence-electron chi connectivity index (χ1n) is 5.65. The maximum Gasteiger partial charge on any atom is 0.272 e. The Hall–Kier alpha value is -1.69. The van der Waals surface area contributed by atoms with Crippen LogP contribution in [0, 0.1) is 6.92 Å². The minimum absolute atomic E-state index is 0.0599. The minimum Gasteiger partial charge on any atom is -0.368 e. The van der Waals surface area contributed by atoms with E-state index in [1.54, 1.807) is 17.9 Å². The van der Waals surface area contributed by atoms with E-state index < -0.39 is 0 Å². The van der Waals surface area contributed by atoms with Gasteiger partial charge in [0.1, 0.15) is 5.69 Å². The van der Waals surface area contributed by atoms with Gasteiger partial charge in [-0.25, -0.2) is 9.97 Å². The summed E-state index contributed by atoms with van der Waals surface area (Å²) in [5.41, 5.74) is 6.65. The number of nitrogens with two attached hydrogens (primary N) is 1. The van der Waals surface area contributed by atoms with E-state index in [1.807, 2.05) is 0 Å².